The number of imide groups is 1. The number of carbonyl (C=O) groups excluding carboxylic acids is 2. The van der Waals surface area contributed by atoms with E-state index in [1.165, 1.54) is 4.90 Å². The highest BCUT2D eigenvalue weighted by molar-refractivity contribution is 6.37. The van der Waals surface area contributed by atoms with Gasteiger partial charge in [0.1, 0.15) is 5.70 Å². The Morgan fingerprint density at radius 1 is 1.00 bits per heavy atom. The summed E-state index contributed by atoms with van der Waals surface area (Å²) in [5.74, 6) is -0.531. The van der Waals surface area contributed by atoms with Crippen LogP contribution in [0.15, 0.2) is 54.2 Å². The summed E-state index contributed by atoms with van der Waals surface area (Å²) in [7, 11) is 0. The van der Waals surface area contributed by atoms with E-state index < -0.39 is 0 Å². The Morgan fingerprint density at radius 2 is 1.70 bits per heavy atom. The van der Waals surface area contributed by atoms with Crippen LogP contribution in [0.2, 0.25) is 0 Å². The Kier molecular flexibility index (Phi) is 6.73. The van der Waals surface area contributed by atoms with Crippen LogP contribution in [0.4, 0.5) is 5.69 Å². The Morgan fingerprint density at radius 3 is 2.30 bits per heavy atom. The topological polar surface area (TPSA) is 49.9 Å². The van der Waals surface area contributed by atoms with E-state index in [1.54, 1.807) is 0 Å². The summed E-state index contributed by atoms with van der Waals surface area (Å²) in [5, 5.41) is 0. The predicted molar refractivity (Wildman–Crippen MR) is 120 cm³/mol. The molecule has 0 saturated heterocycles. The Bertz CT molecular complexity index is 964. The average Bonchev–Trinajstić information content (AvgIpc) is 2.94. The molecule has 2 aromatic rings. The standard InChI is InChI=1S/C25H30N2O3/c1-6-26(20-10-8-7-9-11-20)23-22(21-13-12-18(4)16-19(21)5)24(28)27(25(23)29)14-15-30-17(2)3/h7-13,16-17H,6,14-15H2,1-5H3. The molecule has 5 nitrogen and oxygen atoms in total. The van der Waals surface area contributed by atoms with Crippen molar-refractivity contribution in [2.24, 2.45) is 0 Å². The summed E-state index contributed by atoms with van der Waals surface area (Å²) in [4.78, 5) is 30.2. The third-order valence-electron chi connectivity index (χ3n) is 5.21. The summed E-state index contributed by atoms with van der Waals surface area (Å²) >= 11 is 0. The van der Waals surface area contributed by atoms with Crippen molar-refractivity contribution in [1.29, 1.82) is 0 Å². The van der Waals surface area contributed by atoms with Crippen LogP contribution >= 0.6 is 0 Å². The molecule has 1 aliphatic heterocycles. The van der Waals surface area contributed by atoms with Crippen molar-refractivity contribution >= 4 is 23.1 Å². The number of nitrogens with zero attached hydrogens (tertiary/aromatic N) is 2. The second kappa shape index (κ2) is 9.26. The molecule has 0 N–H and O–H groups in total. The first-order chi connectivity index (χ1) is 14.3. The second-order valence-electron chi connectivity index (χ2n) is 7.80. The van der Waals surface area contributed by atoms with Crippen molar-refractivity contribution in [3.05, 3.63) is 70.9 Å². The number of anilines is 1. The molecule has 0 aromatic heterocycles. The normalized spacial score (nSPS) is 14.3. The van der Waals surface area contributed by atoms with Crippen molar-refractivity contribution in [3.63, 3.8) is 0 Å². The van der Waals surface area contributed by atoms with E-state index in [-0.39, 0.29) is 24.5 Å². The largest absolute Gasteiger partial charge is 0.377 e. The molecule has 0 saturated carbocycles. The van der Waals surface area contributed by atoms with Gasteiger partial charge in [0.15, 0.2) is 0 Å². The molecule has 0 unspecified atom stereocenters. The average molecular weight is 407 g/mol. The fourth-order valence-corrected chi connectivity index (χ4v) is 3.81. The molecule has 0 atom stereocenters. The quantitative estimate of drug-likeness (QED) is 0.612. The number of amides is 2. The van der Waals surface area contributed by atoms with Crippen molar-refractivity contribution in [3.8, 4) is 0 Å². The summed E-state index contributed by atoms with van der Waals surface area (Å²) in [6, 6.07) is 15.7. The van der Waals surface area contributed by atoms with Crippen LogP contribution in [0.1, 0.15) is 37.5 Å². The van der Waals surface area contributed by atoms with Crippen LogP contribution in [0.3, 0.4) is 0 Å². The van der Waals surface area contributed by atoms with Crippen molar-refractivity contribution in [2.75, 3.05) is 24.6 Å². The van der Waals surface area contributed by atoms with Crippen LogP contribution in [-0.2, 0) is 14.3 Å². The molecule has 1 aliphatic rings. The van der Waals surface area contributed by atoms with Gasteiger partial charge in [-0.05, 0) is 57.9 Å². The lowest BCUT2D eigenvalue weighted by Crippen LogP contribution is -2.37. The van der Waals surface area contributed by atoms with E-state index in [9.17, 15) is 9.59 Å². The first-order valence-corrected chi connectivity index (χ1v) is 10.5. The summed E-state index contributed by atoms with van der Waals surface area (Å²) in [5.41, 5.74) is 4.69. The lowest BCUT2D eigenvalue weighted by atomic mass is 9.97. The molecule has 0 spiro atoms. The van der Waals surface area contributed by atoms with Gasteiger partial charge >= 0.3 is 0 Å². The zero-order chi connectivity index (χ0) is 21.8. The van der Waals surface area contributed by atoms with Gasteiger partial charge in [0.25, 0.3) is 11.8 Å². The number of aryl methyl sites for hydroxylation is 2. The Labute approximate surface area is 178 Å². The maximum atomic E-state index is 13.5. The van der Waals surface area contributed by atoms with Gasteiger partial charge in [0.05, 0.1) is 24.8 Å². The molecule has 158 valence electrons. The molecule has 0 aliphatic carbocycles. The van der Waals surface area contributed by atoms with Crippen LogP contribution in [0.5, 0.6) is 0 Å². The molecule has 1 heterocycles. The number of para-hydroxylation sites is 1. The van der Waals surface area contributed by atoms with Gasteiger partial charge in [-0.3, -0.25) is 14.5 Å². The van der Waals surface area contributed by atoms with E-state index in [0.717, 1.165) is 22.4 Å². The maximum Gasteiger partial charge on any atom is 0.278 e. The van der Waals surface area contributed by atoms with Gasteiger partial charge in [-0.2, -0.15) is 0 Å². The zero-order valence-electron chi connectivity index (χ0n) is 18.4. The monoisotopic (exact) mass is 406 g/mol. The first kappa shape index (κ1) is 21.8. The smallest absolute Gasteiger partial charge is 0.278 e. The summed E-state index contributed by atoms with van der Waals surface area (Å²) in [6.07, 6.45) is 0.0421. The lowest BCUT2D eigenvalue weighted by molar-refractivity contribution is -0.138. The lowest BCUT2D eigenvalue weighted by Gasteiger charge is -2.25. The van der Waals surface area contributed by atoms with E-state index >= 15 is 0 Å². The van der Waals surface area contributed by atoms with Gasteiger partial charge < -0.3 is 9.64 Å². The highest BCUT2D eigenvalue weighted by atomic mass is 16.5. The number of hydrogen-bond donors (Lipinski definition) is 0. The van der Waals surface area contributed by atoms with Crippen LogP contribution in [-0.4, -0.2) is 42.5 Å². The highest BCUT2D eigenvalue weighted by Gasteiger charge is 2.41. The summed E-state index contributed by atoms with van der Waals surface area (Å²) < 4.78 is 5.61. The number of hydrogen-bond acceptors (Lipinski definition) is 4. The highest BCUT2D eigenvalue weighted by Crippen LogP contribution is 2.35. The molecule has 30 heavy (non-hydrogen) atoms. The number of likely N-dealkylation sites (N-methyl/N-ethyl adjacent to an activating group) is 1. The number of rotatable bonds is 8. The molecule has 2 amide bonds. The molecule has 3 rings (SSSR count). The molecular weight excluding hydrogens is 376 g/mol. The van der Waals surface area contributed by atoms with Gasteiger partial charge in [-0.15, -0.1) is 0 Å². The fourth-order valence-electron chi connectivity index (χ4n) is 3.81. The van der Waals surface area contributed by atoms with E-state index in [0.29, 0.717) is 24.4 Å². The van der Waals surface area contributed by atoms with E-state index in [4.69, 9.17) is 4.74 Å². The van der Waals surface area contributed by atoms with E-state index in [1.807, 2.05) is 88.0 Å². The van der Waals surface area contributed by atoms with Crippen molar-refractivity contribution in [1.82, 2.24) is 4.90 Å². The fraction of sp³-hybridized carbons (Fsp3) is 0.360. The number of ether oxygens (including phenoxy) is 1. The second-order valence-corrected chi connectivity index (χ2v) is 7.80. The van der Waals surface area contributed by atoms with Crippen molar-refractivity contribution < 1.29 is 14.3 Å². The van der Waals surface area contributed by atoms with Gasteiger partial charge in [0.2, 0.25) is 0 Å². The van der Waals surface area contributed by atoms with Gasteiger partial charge in [0, 0.05) is 12.2 Å². The maximum absolute atomic E-state index is 13.5. The molecular formula is C25H30N2O3. The van der Waals surface area contributed by atoms with Crippen LogP contribution in [0, 0.1) is 13.8 Å². The minimum atomic E-state index is -0.270. The number of benzene rings is 2. The number of carbonyl (C=O) groups is 2. The molecule has 5 heteroatoms. The molecule has 0 fully saturated rings. The predicted octanol–water partition coefficient (Wildman–Crippen LogP) is 4.33. The third-order valence-corrected chi connectivity index (χ3v) is 5.21. The Balaban J connectivity index is 2.10. The molecule has 2 aromatic carbocycles. The zero-order valence-corrected chi connectivity index (χ0v) is 18.4. The van der Waals surface area contributed by atoms with Crippen LogP contribution < -0.4 is 4.90 Å². The van der Waals surface area contributed by atoms with Gasteiger partial charge in [-0.1, -0.05) is 42.0 Å². The molecule has 0 radical (unpaired) electrons. The Hall–Kier alpha value is -2.92. The minimum Gasteiger partial charge on any atom is -0.377 e. The van der Waals surface area contributed by atoms with Gasteiger partial charge in [-0.25, -0.2) is 0 Å². The summed E-state index contributed by atoms with van der Waals surface area (Å²) in [6.45, 7) is 11.0. The van der Waals surface area contributed by atoms with E-state index in [2.05, 4.69) is 0 Å². The minimum absolute atomic E-state index is 0.0421. The molecule has 0 bridgehead atoms. The SMILES string of the molecule is CCN(C1=C(c2ccc(C)cc2C)C(=O)N(CCOC(C)C)C1=O)c1ccccc1. The third kappa shape index (κ3) is 4.31. The van der Waals surface area contributed by atoms with Crippen LogP contribution in [0.25, 0.3) is 5.57 Å². The first-order valence-electron chi connectivity index (χ1n) is 10.5. The van der Waals surface area contributed by atoms with Crippen molar-refractivity contribution in [2.45, 2.75) is 40.7 Å².